The lowest BCUT2D eigenvalue weighted by atomic mass is 9.96. The minimum Gasteiger partial charge on any atom is -0.444 e. The van der Waals surface area contributed by atoms with Gasteiger partial charge in [-0.3, -0.25) is 10.3 Å². The molecular formula is C14H28N4O4. The van der Waals surface area contributed by atoms with E-state index in [2.05, 4.69) is 5.32 Å². The second-order valence-corrected chi connectivity index (χ2v) is 6.61. The molecule has 0 aliphatic carbocycles. The Morgan fingerprint density at radius 2 is 2.18 bits per heavy atom. The molecule has 0 radical (unpaired) electrons. The average Bonchev–Trinajstić information content (AvgIpc) is 2.42. The summed E-state index contributed by atoms with van der Waals surface area (Å²) < 4.78 is 5.35. The van der Waals surface area contributed by atoms with Crippen molar-refractivity contribution in [1.82, 2.24) is 10.2 Å². The predicted molar refractivity (Wildman–Crippen MR) is 82.8 cm³/mol. The number of hydrogen-bond acceptors (Lipinski definition) is 6. The highest BCUT2D eigenvalue weighted by molar-refractivity contribution is 5.86. The Morgan fingerprint density at radius 3 is 2.68 bits per heavy atom. The Labute approximate surface area is 131 Å². The smallest absolute Gasteiger partial charge is 0.410 e. The second-order valence-electron chi connectivity index (χ2n) is 6.61. The molecule has 6 N–H and O–H groups in total. The number of amidine groups is 1. The molecule has 1 saturated heterocycles. The molecule has 1 aliphatic heterocycles. The second kappa shape index (κ2) is 7.75. The summed E-state index contributed by atoms with van der Waals surface area (Å²) in [6, 6.07) is -0.499. The molecule has 1 fully saturated rings. The van der Waals surface area contributed by atoms with Crippen molar-refractivity contribution < 1.29 is 19.7 Å². The predicted octanol–water partition coefficient (Wildman–Crippen LogP) is -0.367. The van der Waals surface area contributed by atoms with Crippen LogP contribution in [0.25, 0.3) is 0 Å². The minimum absolute atomic E-state index is 0.0220. The zero-order valence-corrected chi connectivity index (χ0v) is 13.5. The zero-order valence-electron chi connectivity index (χ0n) is 13.5. The van der Waals surface area contributed by atoms with Crippen LogP contribution in [-0.4, -0.2) is 70.5 Å². The molecule has 0 bridgehead atoms. The largest absolute Gasteiger partial charge is 0.444 e. The normalized spacial score (nSPS) is 24.0. The third-order valence-corrected chi connectivity index (χ3v) is 3.44. The number of nitrogens with two attached hydrogens (primary N) is 1. The summed E-state index contributed by atoms with van der Waals surface area (Å²) in [5.41, 5.74) is 5.02. The van der Waals surface area contributed by atoms with E-state index in [-0.39, 0.29) is 25.0 Å². The van der Waals surface area contributed by atoms with Crippen molar-refractivity contribution in [2.24, 2.45) is 5.73 Å². The van der Waals surface area contributed by atoms with Crippen molar-refractivity contribution in [2.45, 2.75) is 57.4 Å². The topological polar surface area (TPSA) is 132 Å². The first kappa shape index (κ1) is 18.7. The summed E-state index contributed by atoms with van der Waals surface area (Å²) in [5.74, 6) is -0.0833. The molecule has 0 spiro atoms. The van der Waals surface area contributed by atoms with Crippen LogP contribution in [0.4, 0.5) is 4.79 Å². The number of hydrogen-bond donors (Lipinski definition) is 5. The zero-order chi connectivity index (χ0) is 16.9. The molecular weight excluding hydrogens is 288 g/mol. The molecule has 0 aromatic carbocycles. The molecule has 8 nitrogen and oxygen atoms in total. The molecule has 8 heteroatoms. The summed E-state index contributed by atoms with van der Waals surface area (Å²) in [5, 5.41) is 29.0. The molecule has 128 valence electrons. The number of nitrogens with zero attached hydrogens (tertiary/aromatic N) is 1. The van der Waals surface area contributed by atoms with Crippen molar-refractivity contribution in [3.63, 3.8) is 0 Å². The number of aliphatic hydroxyl groups is 2. The van der Waals surface area contributed by atoms with Crippen LogP contribution in [0.15, 0.2) is 0 Å². The van der Waals surface area contributed by atoms with Crippen LogP contribution in [0.5, 0.6) is 0 Å². The van der Waals surface area contributed by atoms with Crippen LogP contribution in [0, 0.1) is 5.41 Å². The first-order chi connectivity index (χ1) is 10.1. The van der Waals surface area contributed by atoms with E-state index in [1.807, 2.05) is 0 Å². The first-order valence-corrected chi connectivity index (χ1v) is 7.50. The Bertz CT molecular complexity index is 397. The van der Waals surface area contributed by atoms with E-state index >= 15 is 0 Å². The Hall–Kier alpha value is -1.38. The van der Waals surface area contributed by atoms with Crippen LogP contribution < -0.4 is 11.1 Å². The summed E-state index contributed by atoms with van der Waals surface area (Å²) in [7, 11) is 0. The molecule has 22 heavy (non-hydrogen) atoms. The van der Waals surface area contributed by atoms with Crippen molar-refractivity contribution in [3.05, 3.63) is 0 Å². The van der Waals surface area contributed by atoms with E-state index in [1.165, 1.54) is 4.90 Å². The number of carbonyl (C=O) groups is 1. The molecule has 3 unspecified atom stereocenters. The van der Waals surface area contributed by atoms with Gasteiger partial charge < -0.3 is 26.0 Å². The Kier molecular flexibility index (Phi) is 6.58. The van der Waals surface area contributed by atoms with E-state index in [0.717, 1.165) is 0 Å². The highest BCUT2D eigenvalue weighted by Crippen LogP contribution is 2.21. The Balaban J connectivity index is 2.64. The van der Waals surface area contributed by atoms with Gasteiger partial charge in [0.2, 0.25) is 0 Å². The molecule has 1 aliphatic rings. The molecule has 0 aromatic heterocycles. The number of nitrogens with one attached hydrogen (secondary N) is 2. The number of likely N-dealkylation sites (tertiary alicyclic amines) is 1. The van der Waals surface area contributed by atoms with Gasteiger partial charge in [0.15, 0.2) is 0 Å². The van der Waals surface area contributed by atoms with E-state index in [4.69, 9.17) is 21.0 Å². The summed E-state index contributed by atoms with van der Waals surface area (Å²) in [6.07, 6.45) is -0.144. The standard InChI is InChI=1S/C14H28N4O4/c1-14(2,3)22-13(21)18-5-4-9(6-11(18)12(15)16)17-7-10(20)8-19/h9-11,17,19-20H,4-8H2,1-3H3,(H3,15,16). The van der Waals surface area contributed by atoms with Gasteiger partial charge in [-0.05, 0) is 33.6 Å². The van der Waals surface area contributed by atoms with E-state index in [9.17, 15) is 9.90 Å². The fourth-order valence-electron chi connectivity index (χ4n) is 2.35. The van der Waals surface area contributed by atoms with Crippen molar-refractivity contribution in [1.29, 1.82) is 5.41 Å². The minimum atomic E-state index is -0.820. The number of carbonyl (C=O) groups excluding carboxylic acids is 1. The van der Waals surface area contributed by atoms with Crippen molar-refractivity contribution in [3.8, 4) is 0 Å². The molecule has 0 saturated carbocycles. The lowest BCUT2D eigenvalue weighted by Crippen LogP contribution is -2.57. The van der Waals surface area contributed by atoms with Gasteiger partial charge >= 0.3 is 6.09 Å². The molecule has 1 rings (SSSR count). The monoisotopic (exact) mass is 316 g/mol. The third-order valence-electron chi connectivity index (χ3n) is 3.44. The van der Waals surface area contributed by atoms with E-state index in [1.54, 1.807) is 20.8 Å². The summed E-state index contributed by atoms with van der Waals surface area (Å²) in [6.45, 7) is 5.75. The maximum Gasteiger partial charge on any atom is 0.410 e. The maximum absolute atomic E-state index is 12.2. The first-order valence-electron chi connectivity index (χ1n) is 7.50. The lowest BCUT2D eigenvalue weighted by Gasteiger charge is -2.39. The van der Waals surface area contributed by atoms with Crippen LogP contribution >= 0.6 is 0 Å². The highest BCUT2D eigenvalue weighted by atomic mass is 16.6. The average molecular weight is 316 g/mol. The van der Waals surface area contributed by atoms with Gasteiger partial charge in [-0.1, -0.05) is 0 Å². The van der Waals surface area contributed by atoms with Gasteiger partial charge in [0.25, 0.3) is 0 Å². The fraction of sp³-hybridized carbons (Fsp3) is 0.857. The molecule has 3 atom stereocenters. The summed E-state index contributed by atoms with van der Waals surface area (Å²) >= 11 is 0. The van der Waals surface area contributed by atoms with Crippen molar-refractivity contribution >= 4 is 11.9 Å². The van der Waals surface area contributed by atoms with Crippen LogP contribution in [-0.2, 0) is 4.74 Å². The number of amides is 1. The van der Waals surface area contributed by atoms with Gasteiger partial charge in [0, 0.05) is 19.1 Å². The van der Waals surface area contributed by atoms with Crippen LogP contribution in [0.3, 0.4) is 0 Å². The van der Waals surface area contributed by atoms with E-state index in [0.29, 0.717) is 19.4 Å². The number of ether oxygens (including phenoxy) is 1. The fourth-order valence-corrected chi connectivity index (χ4v) is 2.35. The SMILES string of the molecule is CC(C)(C)OC(=O)N1CCC(NCC(O)CO)CC1C(=N)N. The number of aliphatic hydroxyl groups excluding tert-OH is 2. The van der Waals surface area contributed by atoms with E-state index < -0.39 is 23.8 Å². The van der Waals surface area contributed by atoms with Crippen LogP contribution in [0.2, 0.25) is 0 Å². The molecule has 0 aromatic rings. The third kappa shape index (κ3) is 5.78. The van der Waals surface area contributed by atoms with Gasteiger partial charge in [0.1, 0.15) is 11.4 Å². The van der Waals surface area contributed by atoms with Gasteiger partial charge in [-0.25, -0.2) is 4.79 Å². The molecule has 1 heterocycles. The maximum atomic E-state index is 12.2. The highest BCUT2D eigenvalue weighted by Gasteiger charge is 2.35. The van der Waals surface area contributed by atoms with Gasteiger partial charge in [-0.15, -0.1) is 0 Å². The van der Waals surface area contributed by atoms with Crippen molar-refractivity contribution in [2.75, 3.05) is 19.7 Å². The van der Waals surface area contributed by atoms with Gasteiger partial charge in [0.05, 0.1) is 18.8 Å². The Morgan fingerprint density at radius 1 is 1.55 bits per heavy atom. The quantitative estimate of drug-likeness (QED) is 0.347. The number of piperidine rings is 1. The van der Waals surface area contributed by atoms with Gasteiger partial charge in [-0.2, -0.15) is 0 Å². The van der Waals surface area contributed by atoms with Crippen LogP contribution in [0.1, 0.15) is 33.6 Å². The summed E-state index contributed by atoms with van der Waals surface area (Å²) in [4.78, 5) is 13.7. The lowest BCUT2D eigenvalue weighted by molar-refractivity contribution is 0.0135. The molecule has 1 amide bonds. The number of rotatable bonds is 5.